The maximum absolute atomic E-state index is 13.9. The minimum absolute atomic E-state index is 0.208. The van der Waals surface area contributed by atoms with Crippen molar-refractivity contribution in [3.05, 3.63) is 100 Å². The van der Waals surface area contributed by atoms with Crippen molar-refractivity contribution in [2.45, 2.75) is 73.2 Å². The topological polar surface area (TPSA) is 104 Å². The zero-order valence-electron chi connectivity index (χ0n) is 27.9. The van der Waals surface area contributed by atoms with E-state index in [1.54, 1.807) is 16.9 Å². The van der Waals surface area contributed by atoms with Crippen molar-refractivity contribution in [2.24, 2.45) is 0 Å². The minimum Gasteiger partial charge on any atom is -0.357 e. The smallest absolute Gasteiger partial charge is 0.230 e. The van der Waals surface area contributed by atoms with Gasteiger partial charge in [0.15, 0.2) is 17.2 Å². The molecule has 0 amide bonds. The third-order valence-electron chi connectivity index (χ3n) is 8.35. The third-order valence-corrected chi connectivity index (χ3v) is 8.61. The fourth-order valence-electron chi connectivity index (χ4n) is 5.69. The Morgan fingerprint density at radius 3 is 2.34 bits per heavy atom. The number of rotatable bonds is 16. The van der Waals surface area contributed by atoms with E-state index < -0.39 is 0 Å². The summed E-state index contributed by atoms with van der Waals surface area (Å²) in [4.78, 5) is 25.4. The Kier molecular flexibility index (Phi) is 11.6. The number of aromatic nitrogens is 7. The van der Waals surface area contributed by atoms with E-state index >= 15 is 0 Å². The van der Waals surface area contributed by atoms with Crippen LogP contribution in [0.2, 0.25) is 5.15 Å². The predicted octanol–water partition coefficient (Wildman–Crippen LogP) is 7.27. The van der Waals surface area contributed by atoms with Crippen LogP contribution in [0.4, 0.5) is 0 Å². The summed E-state index contributed by atoms with van der Waals surface area (Å²) >= 11 is 6.69. The van der Waals surface area contributed by atoms with Gasteiger partial charge in [0.25, 0.3) is 0 Å². The van der Waals surface area contributed by atoms with Crippen LogP contribution in [0.1, 0.15) is 86.8 Å². The number of ether oxygens (including phenoxy) is 1. The molecule has 47 heavy (non-hydrogen) atoms. The lowest BCUT2D eigenvalue weighted by Gasteiger charge is -2.17. The second-order valence-electron chi connectivity index (χ2n) is 11.4. The Morgan fingerprint density at radius 1 is 0.957 bits per heavy atom. The summed E-state index contributed by atoms with van der Waals surface area (Å²) in [6.07, 6.45) is 4.15. The van der Waals surface area contributed by atoms with Gasteiger partial charge in [-0.15, -0.1) is 5.10 Å². The van der Waals surface area contributed by atoms with Crippen LogP contribution in [0.15, 0.2) is 66.9 Å². The van der Waals surface area contributed by atoms with Crippen molar-refractivity contribution in [3.63, 3.8) is 0 Å². The lowest BCUT2D eigenvalue weighted by atomic mass is 9.98. The quantitative estimate of drug-likeness (QED) is 0.102. The molecule has 0 aliphatic heterocycles. The zero-order valence-corrected chi connectivity index (χ0v) is 28.6. The fourth-order valence-corrected chi connectivity index (χ4v) is 5.97. The van der Waals surface area contributed by atoms with Gasteiger partial charge in [-0.2, -0.15) is 4.68 Å². The van der Waals surface area contributed by atoms with Crippen LogP contribution < -0.4 is 0 Å². The normalized spacial score (nSPS) is 12.1. The lowest BCUT2D eigenvalue weighted by molar-refractivity contribution is 0.0159. The molecule has 1 unspecified atom stereocenters. The van der Waals surface area contributed by atoms with Gasteiger partial charge in [-0.1, -0.05) is 93.4 Å². The van der Waals surface area contributed by atoms with Crippen LogP contribution in [0.25, 0.3) is 22.5 Å². The number of ketones is 1. The van der Waals surface area contributed by atoms with E-state index in [1.165, 1.54) is 0 Å². The van der Waals surface area contributed by atoms with E-state index in [1.807, 2.05) is 42.7 Å². The lowest BCUT2D eigenvalue weighted by Crippen LogP contribution is -2.22. The van der Waals surface area contributed by atoms with Crippen LogP contribution in [-0.4, -0.2) is 65.1 Å². The van der Waals surface area contributed by atoms with Crippen molar-refractivity contribution in [3.8, 4) is 22.5 Å². The molecule has 10 nitrogen and oxygen atoms in total. The van der Waals surface area contributed by atoms with Crippen LogP contribution >= 0.6 is 11.6 Å². The number of hydrogen-bond donors (Lipinski definition) is 0. The van der Waals surface area contributed by atoms with Gasteiger partial charge in [-0.25, -0.2) is 4.98 Å². The molecular weight excluding hydrogens is 612 g/mol. The standard InChI is InChI=1S/C36H43ClN8O2/c1-6-10-15-32-39-35(37)33(34(46)31-21-18-27(22-38-31)23-43(7-2)8-3)44(32)24-26-16-19-28(20-17-26)29-13-11-12-14-30(29)36-40-41-42-45(36)25(5)47-9-4/h11-14,16-22,25H,6-10,15,23-24H2,1-5H3. The molecule has 0 bridgehead atoms. The molecule has 3 heterocycles. The minimum atomic E-state index is -0.304. The Balaban J connectivity index is 1.43. The van der Waals surface area contributed by atoms with Gasteiger partial charge in [0.2, 0.25) is 5.78 Å². The first kappa shape index (κ1) is 34.1. The van der Waals surface area contributed by atoms with Crippen LogP contribution in [0.3, 0.4) is 0 Å². The molecule has 11 heteroatoms. The molecule has 246 valence electrons. The van der Waals surface area contributed by atoms with E-state index in [0.717, 1.165) is 72.5 Å². The molecule has 0 aliphatic rings. The zero-order chi connectivity index (χ0) is 33.3. The molecule has 3 aromatic heterocycles. The predicted molar refractivity (Wildman–Crippen MR) is 184 cm³/mol. The van der Waals surface area contributed by atoms with Gasteiger partial charge in [0, 0.05) is 37.9 Å². The van der Waals surface area contributed by atoms with E-state index in [0.29, 0.717) is 30.4 Å². The van der Waals surface area contributed by atoms with Gasteiger partial charge in [-0.3, -0.25) is 14.7 Å². The van der Waals surface area contributed by atoms with Gasteiger partial charge in [0.05, 0.1) is 0 Å². The van der Waals surface area contributed by atoms with E-state index in [-0.39, 0.29) is 17.2 Å². The number of carbonyl (C=O) groups is 1. The summed E-state index contributed by atoms with van der Waals surface area (Å²) in [5, 5.41) is 12.6. The van der Waals surface area contributed by atoms with Crippen molar-refractivity contribution in [1.82, 2.24) is 39.6 Å². The second kappa shape index (κ2) is 16.0. The maximum atomic E-state index is 13.9. The van der Waals surface area contributed by atoms with Gasteiger partial charge in [-0.05, 0) is 72.1 Å². The second-order valence-corrected chi connectivity index (χ2v) is 11.8. The van der Waals surface area contributed by atoms with Crippen LogP contribution in [0, 0.1) is 0 Å². The van der Waals surface area contributed by atoms with E-state index in [4.69, 9.17) is 16.3 Å². The molecule has 0 spiro atoms. The number of carbonyl (C=O) groups excluding carboxylic acids is 1. The van der Waals surface area contributed by atoms with E-state index in [9.17, 15) is 4.79 Å². The average molecular weight is 655 g/mol. The highest BCUT2D eigenvalue weighted by Gasteiger charge is 2.25. The highest BCUT2D eigenvalue weighted by atomic mass is 35.5. The summed E-state index contributed by atoms with van der Waals surface area (Å²) in [5.41, 5.74) is 5.73. The number of hydrogen-bond acceptors (Lipinski definition) is 8. The number of nitrogens with zero attached hydrogens (tertiary/aromatic N) is 8. The Morgan fingerprint density at radius 2 is 1.68 bits per heavy atom. The first-order valence-corrected chi connectivity index (χ1v) is 16.8. The van der Waals surface area contributed by atoms with Crippen molar-refractivity contribution >= 4 is 17.4 Å². The molecule has 0 N–H and O–H groups in total. The Hall–Kier alpha value is -4.25. The molecule has 0 aliphatic carbocycles. The summed E-state index contributed by atoms with van der Waals surface area (Å²) in [5.74, 6) is 1.20. The van der Waals surface area contributed by atoms with Crippen molar-refractivity contribution in [1.29, 1.82) is 0 Å². The molecule has 5 aromatic rings. The SMILES string of the molecule is CCCCc1nc(Cl)c(C(=O)c2ccc(CN(CC)CC)cn2)n1Cc1ccc(-c2ccccc2-c2nnnn2C(C)OCC)cc1. The molecule has 0 fully saturated rings. The summed E-state index contributed by atoms with van der Waals surface area (Å²) in [6.45, 7) is 14.0. The number of unbranched alkanes of at least 4 members (excludes halogenated alkanes) is 1. The molecule has 2 aromatic carbocycles. The van der Waals surface area contributed by atoms with Gasteiger partial charge >= 0.3 is 0 Å². The molecular formula is C36H43ClN8O2. The van der Waals surface area contributed by atoms with Crippen molar-refractivity contribution in [2.75, 3.05) is 19.7 Å². The first-order valence-electron chi connectivity index (χ1n) is 16.4. The summed E-state index contributed by atoms with van der Waals surface area (Å²) in [7, 11) is 0. The summed E-state index contributed by atoms with van der Waals surface area (Å²) in [6, 6.07) is 20.1. The number of tetrazole rings is 1. The average Bonchev–Trinajstić information content (AvgIpc) is 3.71. The Bertz CT molecular complexity index is 1760. The maximum Gasteiger partial charge on any atom is 0.230 e. The molecule has 0 saturated heterocycles. The molecule has 1 atom stereocenters. The molecule has 0 radical (unpaired) electrons. The van der Waals surface area contributed by atoms with E-state index in [2.05, 4.69) is 81.5 Å². The van der Waals surface area contributed by atoms with Crippen molar-refractivity contribution < 1.29 is 9.53 Å². The third kappa shape index (κ3) is 7.84. The highest BCUT2D eigenvalue weighted by Crippen LogP contribution is 2.32. The van der Waals surface area contributed by atoms with Gasteiger partial charge < -0.3 is 9.30 Å². The summed E-state index contributed by atoms with van der Waals surface area (Å²) < 4.78 is 9.41. The molecule has 0 saturated carbocycles. The fraction of sp³-hybridized carbons (Fsp3) is 0.389. The van der Waals surface area contributed by atoms with Gasteiger partial charge in [0.1, 0.15) is 17.2 Å². The number of halogens is 1. The largest absolute Gasteiger partial charge is 0.357 e. The number of pyridine rings is 1. The number of benzene rings is 2. The Labute approximate surface area is 281 Å². The van der Waals surface area contributed by atoms with Crippen LogP contribution in [0.5, 0.6) is 0 Å². The number of imidazole rings is 1. The number of aryl methyl sites for hydroxylation is 1. The molecule has 5 rings (SSSR count). The monoisotopic (exact) mass is 654 g/mol. The van der Waals surface area contributed by atoms with Crippen LogP contribution in [-0.2, 0) is 24.2 Å². The highest BCUT2D eigenvalue weighted by molar-refractivity contribution is 6.33. The first-order chi connectivity index (χ1) is 22.9.